The van der Waals surface area contributed by atoms with E-state index in [4.69, 9.17) is 17.4 Å². The third-order valence-corrected chi connectivity index (χ3v) is 3.40. The molecule has 100 valence electrons. The molecule has 2 N–H and O–H groups in total. The van der Waals surface area contributed by atoms with Gasteiger partial charge in [0.15, 0.2) is 0 Å². The summed E-state index contributed by atoms with van der Waals surface area (Å²) in [5.41, 5.74) is 3.03. The van der Waals surface area contributed by atoms with Gasteiger partial charge in [-0.15, -0.1) is 0 Å². The number of hydrazine groups is 1. The summed E-state index contributed by atoms with van der Waals surface area (Å²) in [7, 11) is 0. The molecule has 4 nitrogen and oxygen atoms in total. The van der Waals surface area contributed by atoms with E-state index in [1.54, 1.807) is 18.2 Å². The van der Waals surface area contributed by atoms with Crippen molar-refractivity contribution in [3.63, 3.8) is 0 Å². The van der Waals surface area contributed by atoms with E-state index in [0.29, 0.717) is 10.7 Å². The molecule has 0 fully saturated rings. The topological polar surface area (TPSA) is 58.7 Å². The summed E-state index contributed by atoms with van der Waals surface area (Å²) >= 11 is 6.07. The van der Waals surface area contributed by atoms with Crippen LogP contribution in [0.3, 0.4) is 0 Å². The molecule has 0 aromatic heterocycles. The molecule has 1 amide bonds. The lowest BCUT2D eigenvalue weighted by atomic mass is 10.0. The number of benzene rings is 2. The van der Waals surface area contributed by atoms with Crippen molar-refractivity contribution in [2.75, 3.05) is 11.6 Å². The molecule has 2 aromatic carbocycles. The Kier molecular flexibility index (Phi) is 3.26. The minimum Gasteiger partial charge on any atom is -0.274 e. The van der Waals surface area contributed by atoms with Gasteiger partial charge in [-0.25, -0.2) is 10.9 Å². The maximum atomic E-state index is 11.9. The van der Waals surface area contributed by atoms with Crippen LogP contribution in [0.4, 0.5) is 5.69 Å². The van der Waals surface area contributed by atoms with Crippen molar-refractivity contribution in [2.24, 2.45) is 10.8 Å². The number of rotatable bonds is 1. The fourth-order valence-corrected chi connectivity index (χ4v) is 2.37. The third kappa shape index (κ3) is 2.19. The highest BCUT2D eigenvalue weighted by molar-refractivity contribution is 6.32. The van der Waals surface area contributed by atoms with Crippen LogP contribution in [0.5, 0.6) is 0 Å². The van der Waals surface area contributed by atoms with Crippen LogP contribution in [-0.4, -0.2) is 18.2 Å². The van der Waals surface area contributed by atoms with Crippen molar-refractivity contribution in [3.8, 4) is 0 Å². The number of amides is 1. The molecule has 0 aliphatic carbocycles. The zero-order valence-corrected chi connectivity index (χ0v) is 11.3. The monoisotopic (exact) mass is 285 g/mol. The molecule has 0 radical (unpaired) electrons. The van der Waals surface area contributed by atoms with Crippen LogP contribution in [0.15, 0.2) is 53.5 Å². The van der Waals surface area contributed by atoms with E-state index in [9.17, 15) is 4.79 Å². The van der Waals surface area contributed by atoms with E-state index in [2.05, 4.69) is 4.99 Å². The van der Waals surface area contributed by atoms with Crippen LogP contribution in [0.1, 0.15) is 11.1 Å². The standard InChI is InChI=1S/C15H12ClN3O/c16-11-6-7-13-12(8-11)15(10-4-2-1-3-5-10)18-9-14(20)19(13)17/h1-8H,9,17H2. The van der Waals surface area contributed by atoms with Crippen LogP contribution in [0, 0.1) is 0 Å². The van der Waals surface area contributed by atoms with Crippen LogP contribution >= 0.6 is 11.6 Å². The Hall–Kier alpha value is -2.17. The molecular formula is C15H12ClN3O. The number of carbonyl (C=O) groups is 1. The molecule has 5 heteroatoms. The quantitative estimate of drug-likeness (QED) is 0.646. The molecule has 0 saturated carbocycles. The van der Waals surface area contributed by atoms with Gasteiger partial charge in [0.05, 0.1) is 11.4 Å². The largest absolute Gasteiger partial charge is 0.274 e. The lowest BCUT2D eigenvalue weighted by Crippen LogP contribution is -2.38. The minimum absolute atomic E-state index is 0.0209. The molecule has 0 unspecified atom stereocenters. The van der Waals surface area contributed by atoms with Crippen molar-refractivity contribution in [3.05, 3.63) is 64.7 Å². The Morgan fingerprint density at radius 2 is 1.90 bits per heavy atom. The van der Waals surface area contributed by atoms with E-state index in [1.165, 1.54) is 0 Å². The SMILES string of the molecule is NN1C(=O)CN=C(c2ccccc2)c2cc(Cl)ccc21. The molecule has 1 heterocycles. The van der Waals surface area contributed by atoms with E-state index < -0.39 is 0 Å². The number of hydrogen-bond donors (Lipinski definition) is 1. The average Bonchev–Trinajstić information content (AvgIpc) is 2.58. The van der Waals surface area contributed by atoms with E-state index in [0.717, 1.165) is 21.8 Å². The van der Waals surface area contributed by atoms with Gasteiger partial charge in [-0.3, -0.25) is 9.79 Å². The van der Waals surface area contributed by atoms with Gasteiger partial charge in [0.1, 0.15) is 6.54 Å². The van der Waals surface area contributed by atoms with Gasteiger partial charge in [0.25, 0.3) is 5.91 Å². The summed E-state index contributed by atoms with van der Waals surface area (Å²) in [5.74, 6) is 5.60. The first-order valence-corrected chi connectivity index (χ1v) is 6.52. The second-order valence-electron chi connectivity index (χ2n) is 4.46. The fourth-order valence-electron chi connectivity index (χ4n) is 2.19. The first-order valence-electron chi connectivity index (χ1n) is 6.14. The van der Waals surface area contributed by atoms with Gasteiger partial charge in [-0.05, 0) is 18.2 Å². The first-order chi connectivity index (χ1) is 9.66. The van der Waals surface area contributed by atoms with E-state index in [-0.39, 0.29) is 12.5 Å². The first kappa shape index (κ1) is 12.8. The van der Waals surface area contributed by atoms with Crippen LogP contribution in [0.25, 0.3) is 0 Å². The number of hydrogen-bond acceptors (Lipinski definition) is 3. The average molecular weight is 286 g/mol. The second kappa shape index (κ2) is 5.07. The number of benzodiazepines with no additional fused rings is 1. The molecule has 2 aromatic rings. The van der Waals surface area contributed by atoms with Crippen molar-refractivity contribution in [2.45, 2.75) is 0 Å². The highest BCUT2D eigenvalue weighted by atomic mass is 35.5. The fraction of sp³-hybridized carbons (Fsp3) is 0.0667. The lowest BCUT2D eigenvalue weighted by Gasteiger charge is -2.17. The summed E-state index contributed by atoms with van der Waals surface area (Å²) in [4.78, 5) is 16.3. The summed E-state index contributed by atoms with van der Waals surface area (Å²) < 4.78 is 0. The molecule has 0 saturated heterocycles. The molecular weight excluding hydrogens is 274 g/mol. The Balaban J connectivity index is 2.23. The maximum Gasteiger partial charge on any atom is 0.262 e. The minimum atomic E-state index is -0.250. The molecule has 0 bridgehead atoms. The molecule has 0 atom stereocenters. The zero-order valence-electron chi connectivity index (χ0n) is 10.6. The van der Waals surface area contributed by atoms with Gasteiger partial charge in [0.2, 0.25) is 0 Å². The maximum absolute atomic E-state index is 11.9. The number of anilines is 1. The van der Waals surface area contributed by atoms with Crippen LogP contribution in [0.2, 0.25) is 5.02 Å². The highest BCUT2D eigenvalue weighted by Gasteiger charge is 2.23. The van der Waals surface area contributed by atoms with Gasteiger partial charge in [-0.2, -0.15) is 0 Å². The van der Waals surface area contributed by atoms with Crippen molar-refractivity contribution in [1.29, 1.82) is 0 Å². The Bertz CT molecular complexity index is 698. The number of halogens is 1. The molecule has 1 aliphatic rings. The van der Waals surface area contributed by atoms with Crippen molar-refractivity contribution < 1.29 is 4.79 Å². The smallest absolute Gasteiger partial charge is 0.262 e. The van der Waals surface area contributed by atoms with Crippen molar-refractivity contribution >= 4 is 28.9 Å². The predicted octanol–water partition coefficient (Wildman–Crippen LogP) is 2.40. The van der Waals surface area contributed by atoms with E-state index in [1.807, 2.05) is 30.3 Å². The summed E-state index contributed by atoms with van der Waals surface area (Å²) in [6.45, 7) is 0.0209. The van der Waals surface area contributed by atoms with Gasteiger partial charge >= 0.3 is 0 Å². The summed E-state index contributed by atoms with van der Waals surface area (Å²) in [6, 6.07) is 14.9. The van der Waals surface area contributed by atoms with Gasteiger partial charge < -0.3 is 0 Å². The number of aliphatic imine (C=N–C) groups is 1. The van der Waals surface area contributed by atoms with Crippen LogP contribution in [-0.2, 0) is 4.79 Å². The van der Waals surface area contributed by atoms with E-state index >= 15 is 0 Å². The predicted molar refractivity (Wildman–Crippen MR) is 80.1 cm³/mol. The van der Waals surface area contributed by atoms with Crippen molar-refractivity contribution in [1.82, 2.24) is 0 Å². The van der Waals surface area contributed by atoms with Gasteiger partial charge in [0, 0.05) is 16.1 Å². The molecule has 20 heavy (non-hydrogen) atoms. The second-order valence-corrected chi connectivity index (χ2v) is 4.89. The number of nitrogens with two attached hydrogens (primary N) is 1. The number of fused-ring (bicyclic) bond motifs is 1. The summed E-state index contributed by atoms with van der Waals surface area (Å²) in [6.07, 6.45) is 0. The molecule has 3 rings (SSSR count). The lowest BCUT2D eigenvalue weighted by molar-refractivity contribution is -0.117. The Morgan fingerprint density at radius 3 is 2.65 bits per heavy atom. The van der Waals surface area contributed by atoms with Gasteiger partial charge in [-0.1, -0.05) is 41.9 Å². The zero-order chi connectivity index (χ0) is 14.1. The van der Waals surface area contributed by atoms with Crippen LogP contribution < -0.4 is 10.9 Å². The molecule has 1 aliphatic heterocycles. The number of nitrogens with zero attached hydrogens (tertiary/aromatic N) is 2. The number of carbonyl (C=O) groups excluding carboxylic acids is 1. The summed E-state index contributed by atoms with van der Waals surface area (Å²) in [5, 5.41) is 1.71. The normalized spacial score (nSPS) is 14.6. The Labute approximate surface area is 121 Å². The third-order valence-electron chi connectivity index (χ3n) is 3.16. The Morgan fingerprint density at radius 1 is 1.15 bits per heavy atom. The highest BCUT2D eigenvalue weighted by Crippen LogP contribution is 2.27. The molecule has 0 spiro atoms.